The van der Waals surface area contributed by atoms with Gasteiger partial charge in [0.1, 0.15) is 41.8 Å². The van der Waals surface area contributed by atoms with E-state index in [9.17, 15) is 29.1 Å². The third kappa shape index (κ3) is 9.49. The van der Waals surface area contributed by atoms with Crippen molar-refractivity contribution in [2.24, 2.45) is 17.3 Å². The number of methoxy groups -OCH3 is 1. The minimum absolute atomic E-state index is 0.0214. The van der Waals surface area contributed by atoms with Crippen molar-refractivity contribution in [1.82, 2.24) is 25.8 Å². The van der Waals surface area contributed by atoms with Crippen LogP contribution < -0.4 is 25.4 Å². The quantitative estimate of drug-likeness (QED) is 0.125. The van der Waals surface area contributed by atoms with Crippen LogP contribution in [0.5, 0.6) is 11.5 Å². The van der Waals surface area contributed by atoms with E-state index >= 15 is 0 Å². The highest BCUT2D eigenvalue weighted by molar-refractivity contribution is 5.96. The molecule has 3 aliphatic rings. The van der Waals surface area contributed by atoms with Gasteiger partial charge in [0.2, 0.25) is 11.8 Å². The molecule has 0 radical (unpaired) electrons. The molecule has 14 nitrogen and oxygen atoms in total. The minimum atomic E-state index is -1.54. The lowest BCUT2D eigenvalue weighted by Crippen LogP contribution is -2.59. The maximum absolute atomic E-state index is 14.2. The maximum atomic E-state index is 14.2. The Morgan fingerprint density at radius 1 is 1.05 bits per heavy atom. The van der Waals surface area contributed by atoms with E-state index in [2.05, 4.69) is 22.5 Å². The second kappa shape index (κ2) is 17.2. The molecular weight excluding hydrogens is 730 g/mol. The average Bonchev–Trinajstić information content (AvgIpc) is 3.77. The van der Waals surface area contributed by atoms with Crippen LogP contribution in [0.4, 0.5) is 4.79 Å². The molecular formula is C43H53N5O9. The van der Waals surface area contributed by atoms with Gasteiger partial charge >= 0.3 is 18.0 Å². The lowest BCUT2D eigenvalue weighted by Gasteiger charge is -2.33. The zero-order chi connectivity index (χ0) is 40.9. The van der Waals surface area contributed by atoms with Crippen molar-refractivity contribution in [3.8, 4) is 22.8 Å². The zero-order valence-corrected chi connectivity index (χ0v) is 33.0. The van der Waals surface area contributed by atoms with Gasteiger partial charge in [-0.05, 0) is 42.7 Å². The summed E-state index contributed by atoms with van der Waals surface area (Å²) < 4.78 is 17.5. The monoisotopic (exact) mass is 783 g/mol. The van der Waals surface area contributed by atoms with Gasteiger partial charge in [0.25, 0.3) is 0 Å². The van der Waals surface area contributed by atoms with Crippen molar-refractivity contribution < 1.29 is 43.3 Å². The van der Waals surface area contributed by atoms with Gasteiger partial charge in [0.15, 0.2) is 0 Å². The fourth-order valence-corrected chi connectivity index (χ4v) is 7.77. The number of carbonyl (C=O) groups excluding carboxylic acids is 4. The Kier molecular flexibility index (Phi) is 12.4. The van der Waals surface area contributed by atoms with Crippen LogP contribution in [0, 0.1) is 17.3 Å². The number of hydrogen-bond donors (Lipinski definition) is 4. The second-order valence-electron chi connectivity index (χ2n) is 16.4. The number of carboxylic acid groups (broad SMARTS) is 1. The molecule has 4 N–H and O–H groups in total. The molecule has 2 saturated carbocycles. The number of aliphatic carboxylic acids is 1. The number of ether oxygens (including phenoxy) is 3. The van der Waals surface area contributed by atoms with E-state index in [0.29, 0.717) is 40.6 Å². The normalized spacial score (nSPS) is 22.5. The predicted octanol–water partition coefficient (Wildman–Crippen LogP) is 5.24. The van der Waals surface area contributed by atoms with Gasteiger partial charge in [-0.3, -0.25) is 14.4 Å². The molecule has 1 aromatic heterocycles. The SMILES string of the molecule is C=CC1CC1(NC(=O)C1CC(Oc2cc(-c3ccccc3)nc3cc(OC)ccc23)CN1C(=O)NC(C(=O)NCC(=O)OCC1CCCCC1)C(C)(C)C)C(=O)O. The van der Waals surface area contributed by atoms with Gasteiger partial charge < -0.3 is 40.2 Å². The first kappa shape index (κ1) is 41.0. The second-order valence-corrected chi connectivity index (χ2v) is 16.4. The topological polar surface area (TPSA) is 185 Å². The van der Waals surface area contributed by atoms with Crippen molar-refractivity contribution in [1.29, 1.82) is 0 Å². The summed E-state index contributed by atoms with van der Waals surface area (Å²) in [4.78, 5) is 72.9. The van der Waals surface area contributed by atoms with Crippen LogP contribution in [0.1, 0.15) is 65.7 Å². The molecule has 5 atom stereocenters. The Morgan fingerprint density at radius 2 is 1.79 bits per heavy atom. The molecule has 3 fully saturated rings. The number of hydrogen-bond acceptors (Lipinski definition) is 9. The number of esters is 1. The van der Waals surface area contributed by atoms with Gasteiger partial charge in [-0.25, -0.2) is 14.6 Å². The molecule has 2 heterocycles. The van der Waals surface area contributed by atoms with Gasteiger partial charge in [-0.15, -0.1) is 6.58 Å². The molecule has 3 aromatic rings. The summed E-state index contributed by atoms with van der Waals surface area (Å²) in [5, 5.41) is 18.8. The van der Waals surface area contributed by atoms with Gasteiger partial charge in [-0.2, -0.15) is 0 Å². The molecule has 57 heavy (non-hydrogen) atoms. The van der Waals surface area contributed by atoms with Crippen LogP contribution in [-0.4, -0.2) is 95.3 Å². The highest BCUT2D eigenvalue weighted by Crippen LogP contribution is 2.45. The molecule has 5 unspecified atom stereocenters. The fourth-order valence-electron chi connectivity index (χ4n) is 7.77. The third-order valence-corrected chi connectivity index (χ3v) is 11.2. The van der Waals surface area contributed by atoms with Gasteiger partial charge in [-0.1, -0.05) is 76.4 Å². The Morgan fingerprint density at radius 3 is 2.44 bits per heavy atom. The van der Waals surface area contributed by atoms with Crippen molar-refractivity contribution in [3.05, 3.63) is 67.3 Å². The van der Waals surface area contributed by atoms with E-state index in [4.69, 9.17) is 19.2 Å². The lowest BCUT2D eigenvalue weighted by molar-refractivity contribution is -0.146. The summed E-state index contributed by atoms with van der Waals surface area (Å²) >= 11 is 0. The molecule has 6 rings (SSSR count). The van der Waals surface area contributed by atoms with Crippen LogP contribution in [0.25, 0.3) is 22.2 Å². The summed E-state index contributed by atoms with van der Waals surface area (Å²) in [6.45, 7) is 8.90. The Hall–Kier alpha value is -5.66. The molecule has 2 aromatic carbocycles. The summed E-state index contributed by atoms with van der Waals surface area (Å²) in [5.41, 5.74) is -0.261. The summed E-state index contributed by atoms with van der Waals surface area (Å²) in [5.74, 6) is -2.12. The van der Waals surface area contributed by atoms with Crippen LogP contribution >= 0.6 is 0 Å². The Bertz CT molecular complexity index is 1990. The first-order valence-corrected chi connectivity index (χ1v) is 19.6. The van der Waals surface area contributed by atoms with E-state index in [1.165, 1.54) is 17.4 Å². The standard InChI is InChI=1S/C43H53N5O9/c1-6-28-22-43(28,40(52)53)47-38(50)34-20-30(57-35-21-32(27-15-11-8-12-16-27)45-33-19-29(55-5)17-18-31(33)35)24-48(34)41(54)46-37(42(2,3)4)39(51)44-23-36(49)56-25-26-13-9-7-10-14-26/h6,8,11-12,15-19,21,26,28,30,34,37H,1,7,9-10,13-14,20,22-25H2,2-5H3,(H,44,51)(H,46,54)(H,47,50)(H,52,53). The molecule has 304 valence electrons. The number of nitrogens with zero attached hydrogens (tertiary/aromatic N) is 2. The van der Waals surface area contributed by atoms with Gasteiger partial charge in [0, 0.05) is 35.4 Å². The van der Waals surface area contributed by atoms with Crippen LogP contribution in [0.3, 0.4) is 0 Å². The molecule has 2 aliphatic carbocycles. The predicted molar refractivity (Wildman–Crippen MR) is 212 cm³/mol. The number of rotatable bonds is 14. The minimum Gasteiger partial charge on any atom is -0.497 e. The number of nitrogens with one attached hydrogen (secondary N) is 3. The summed E-state index contributed by atoms with van der Waals surface area (Å²) in [6.07, 6.45) is 6.38. The molecule has 1 aliphatic heterocycles. The number of carboxylic acids is 1. The average molecular weight is 784 g/mol. The summed E-state index contributed by atoms with van der Waals surface area (Å²) in [7, 11) is 1.57. The largest absolute Gasteiger partial charge is 0.497 e. The van der Waals surface area contributed by atoms with Crippen molar-refractivity contribution in [2.45, 2.75) is 89.4 Å². The number of fused-ring (bicyclic) bond motifs is 1. The lowest BCUT2D eigenvalue weighted by atomic mass is 9.86. The fraction of sp³-hybridized carbons (Fsp3) is 0.488. The van der Waals surface area contributed by atoms with E-state index < -0.39 is 64.8 Å². The van der Waals surface area contributed by atoms with E-state index in [1.807, 2.05) is 36.4 Å². The number of aromatic nitrogens is 1. The Balaban J connectivity index is 1.23. The van der Waals surface area contributed by atoms with Crippen molar-refractivity contribution in [2.75, 3.05) is 26.8 Å². The zero-order valence-electron chi connectivity index (χ0n) is 33.0. The van der Waals surface area contributed by atoms with E-state index in [1.54, 1.807) is 46.1 Å². The number of benzene rings is 2. The first-order valence-electron chi connectivity index (χ1n) is 19.6. The smallest absolute Gasteiger partial charge is 0.330 e. The van der Waals surface area contributed by atoms with Gasteiger partial charge in [0.05, 0.1) is 31.5 Å². The number of urea groups is 1. The number of amides is 4. The van der Waals surface area contributed by atoms with Crippen LogP contribution in [0.15, 0.2) is 67.3 Å². The molecule has 0 bridgehead atoms. The third-order valence-electron chi connectivity index (χ3n) is 11.2. The highest BCUT2D eigenvalue weighted by atomic mass is 16.5. The number of pyridine rings is 1. The highest BCUT2D eigenvalue weighted by Gasteiger charge is 2.61. The summed E-state index contributed by atoms with van der Waals surface area (Å²) in [6, 6.07) is 13.8. The molecule has 14 heteroatoms. The van der Waals surface area contributed by atoms with E-state index in [0.717, 1.165) is 31.2 Å². The molecule has 0 spiro atoms. The number of carbonyl (C=O) groups is 5. The molecule has 1 saturated heterocycles. The van der Waals surface area contributed by atoms with Crippen LogP contribution in [0.2, 0.25) is 0 Å². The Labute approximate surface area is 332 Å². The van der Waals surface area contributed by atoms with Crippen molar-refractivity contribution >= 4 is 40.7 Å². The first-order chi connectivity index (χ1) is 27.2. The maximum Gasteiger partial charge on any atom is 0.330 e. The van der Waals surface area contributed by atoms with E-state index in [-0.39, 0.29) is 25.9 Å². The van der Waals surface area contributed by atoms with Crippen LogP contribution in [-0.2, 0) is 23.9 Å². The molecule has 4 amide bonds. The van der Waals surface area contributed by atoms with Crippen molar-refractivity contribution in [3.63, 3.8) is 0 Å². The number of likely N-dealkylation sites (tertiary alicyclic amines) is 1.